The van der Waals surface area contributed by atoms with Gasteiger partial charge in [0.2, 0.25) is 0 Å². The van der Waals surface area contributed by atoms with Gasteiger partial charge in [0.25, 0.3) is 0 Å². The van der Waals surface area contributed by atoms with E-state index < -0.39 is 0 Å². The third kappa shape index (κ3) is 2.85. The number of rotatable bonds is 2. The largest absolute Gasteiger partial charge is 0.507 e. The van der Waals surface area contributed by atoms with E-state index in [1.54, 1.807) is 11.3 Å². The normalized spacial score (nSPS) is 25.6. The van der Waals surface area contributed by atoms with Crippen molar-refractivity contribution in [1.29, 1.82) is 0 Å². The molecule has 1 aromatic heterocycles. The van der Waals surface area contributed by atoms with E-state index in [2.05, 4.69) is 44.5 Å². The fourth-order valence-electron chi connectivity index (χ4n) is 2.69. The number of anilines is 1. The Morgan fingerprint density at radius 1 is 1.19 bits per heavy atom. The summed E-state index contributed by atoms with van der Waals surface area (Å²) in [4.78, 5) is 6.98. The minimum Gasteiger partial charge on any atom is -0.399 e. The molecule has 4 nitrogen and oxygen atoms in total. The average Bonchev–Trinajstić information content (AvgIpc) is 2.94. The summed E-state index contributed by atoms with van der Waals surface area (Å²) in [6.07, 6.45) is 4.43. The molecule has 0 saturated carbocycles. The minimum atomic E-state index is -0.289. The predicted octanol–water partition coefficient (Wildman–Crippen LogP) is 2.68. The Labute approximate surface area is 132 Å². The zero-order valence-corrected chi connectivity index (χ0v) is 14.5. The molecule has 0 amide bonds. The lowest BCUT2D eigenvalue weighted by Crippen LogP contribution is -2.41. The summed E-state index contributed by atoms with van der Waals surface area (Å²) in [5.74, 6) is 0.837. The third-order valence-corrected chi connectivity index (χ3v) is 6.13. The highest BCUT2D eigenvalue weighted by Crippen LogP contribution is 2.37. The van der Waals surface area contributed by atoms with Crippen LogP contribution in [0.3, 0.4) is 0 Å². The van der Waals surface area contributed by atoms with E-state index in [0.717, 1.165) is 28.9 Å². The first-order chi connectivity index (χ1) is 9.78. The first-order valence-electron chi connectivity index (χ1n) is 7.85. The van der Waals surface area contributed by atoms with Gasteiger partial charge in [0.1, 0.15) is 0 Å². The van der Waals surface area contributed by atoms with Gasteiger partial charge in [-0.05, 0) is 46.5 Å². The van der Waals surface area contributed by atoms with Gasteiger partial charge in [0.05, 0.1) is 16.0 Å². The molecule has 116 valence electrons. The van der Waals surface area contributed by atoms with Gasteiger partial charge in [-0.1, -0.05) is 6.92 Å². The number of hydrogen-bond donors (Lipinski definition) is 0. The van der Waals surface area contributed by atoms with E-state index in [1.807, 2.05) is 6.20 Å². The lowest BCUT2D eigenvalue weighted by Gasteiger charge is -2.32. The molecule has 0 aromatic carbocycles. The smallest absolute Gasteiger partial charge is 0.399 e. The average molecular weight is 308 g/mol. The molecule has 21 heavy (non-hydrogen) atoms. The van der Waals surface area contributed by atoms with Crippen LogP contribution in [0, 0.1) is 5.92 Å². The molecule has 2 fully saturated rings. The van der Waals surface area contributed by atoms with E-state index in [1.165, 1.54) is 12.8 Å². The van der Waals surface area contributed by atoms with Gasteiger partial charge in [0.15, 0.2) is 5.13 Å². The third-order valence-electron chi connectivity index (χ3n) is 5.05. The van der Waals surface area contributed by atoms with E-state index in [-0.39, 0.29) is 18.3 Å². The molecule has 0 bridgehead atoms. The number of piperidine rings is 1. The molecule has 0 radical (unpaired) electrons. The monoisotopic (exact) mass is 308 g/mol. The topological polar surface area (TPSA) is 34.6 Å². The molecule has 3 rings (SSSR count). The van der Waals surface area contributed by atoms with Crippen molar-refractivity contribution in [2.45, 2.75) is 58.7 Å². The van der Waals surface area contributed by atoms with Crippen LogP contribution in [0.2, 0.25) is 0 Å². The summed E-state index contributed by atoms with van der Waals surface area (Å²) < 4.78 is 13.3. The second kappa shape index (κ2) is 5.25. The Bertz CT molecular complexity index is 494. The minimum absolute atomic E-state index is 0.287. The van der Waals surface area contributed by atoms with Gasteiger partial charge in [-0.2, -0.15) is 0 Å². The SMILES string of the molecule is CC1CCN(c2ncc(B3OC(C)(C)C(C)(C)O3)s2)CC1. The summed E-state index contributed by atoms with van der Waals surface area (Å²) in [7, 11) is -0.287. The maximum atomic E-state index is 6.10. The quantitative estimate of drug-likeness (QED) is 0.787. The van der Waals surface area contributed by atoms with Crippen molar-refractivity contribution >= 4 is 28.4 Å². The van der Waals surface area contributed by atoms with Crippen LogP contribution >= 0.6 is 11.3 Å². The molecular formula is C15H25BN2O2S. The summed E-state index contributed by atoms with van der Waals surface area (Å²) in [5.41, 5.74) is -0.579. The van der Waals surface area contributed by atoms with Gasteiger partial charge >= 0.3 is 7.12 Å². The van der Waals surface area contributed by atoms with Gasteiger partial charge in [-0.25, -0.2) is 4.98 Å². The molecule has 0 atom stereocenters. The summed E-state index contributed by atoms with van der Waals surface area (Å²) in [6.45, 7) is 12.9. The van der Waals surface area contributed by atoms with Crippen LogP contribution in [-0.2, 0) is 9.31 Å². The molecule has 2 saturated heterocycles. The Balaban J connectivity index is 1.71. The molecule has 6 heteroatoms. The zero-order valence-electron chi connectivity index (χ0n) is 13.7. The lowest BCUT2D eigenvalue weighted by molar-refractivity contribution is 0.00578. The maximum Gasteiger partial charge on any atom is 0.507 e. The van der Waals surface area contributed by atoms with Crippen LogP contribution in [-0.4, -0.2) is 36.4 Å². The molecule has 0 N–H and O–H groups in total. The Kier molecular flexibility index (Phi) is 3.83. The van der Waals surface area contributed by atoms with Gasteiger partial charge in [0, 0.05) is 19.3 Å². The molecule has 0 aliphatic carbocycles. The molecule has 2 aliphatic rings. The molecule has 0 unspecified atom stereocenters. The molecule has 3 heterocycles. The van der Waals surface area contributed by atoms with Crippen molar-refractivity contribution in [3.05, 3.63) is 6.20 Å². The van der Waals surface area contributed by atoms with Crippen LogP contribution in [0.1, 0.15) is 47.5 Å². The van der Waals surface area contributed by atoms with E-state index in [0.29, 0.717) is 0 Å². The fraction of sp³-hybridized carbons (Fsp3) is 0.800. The zero-order chi connectivity index (χ0) is 15.3. The molecule has 2 aliphatic heterocycles. The number of nitrogens with zero attached hydrogens (tertiary/aromatic N) is 2. The second-order valence-corrected chi connectivity index (χ2v) is 8.34. The number of thiazole rings is 1. The Morgan fingerprint density at radius 3 is 2.33 bits per heavy atom. The van der Waals surface area contributed by atoms with Crippen LogP contribution in [0.4, 0.5) is 5.13 Å². The van der Waals surface area contributed by atoms with Gasteiger partial charge in [-0.3, -0.25) is 0 Å². The predicted molar refractivity (Wildman–Crippen MR) is 88.4 cm³/mol. The molecule has 0 spiro atoms. The number of hydrogen-bond acceptors (Lipinski definition) is 5. The van der Waals surface area contributed by atoms with Crippen molar-refractivity contribution in [3.8, 4) is 0 Å². The lowest BCUT2D eigenvalue weighted by atomic mass is 9.89. The van der Waals surface area contributed by atoms with Gasteiger partial charge < -0.3 is 14.2 Å². The van der Waals surface area contributed by atoms with Crippen molar-refractivity contribution < 1.29 is 9.31 Å². The number of aromatic nitrogens is 1. The highest BCUT2D eigenvalue weighted by atomic mass is 32.1. The van der Waals surface area contributed by atoms with Crippen molar-refractivity contribution in [2.75, 3.05) is 18.0 Å². The van der Waals surface area contributed by atoms with Crippen molar-refractivity contribution in [3.63, 3.8) is 0 Å². The second-order valence-electron chi connectivity index (χ2n) is 7.30. The summed E-state index contributed by atoms with van der Waals surface area (Å²) >= 11 is 1.70. The standard InChI is InChI=1S/C15H25BN2O2S/c1-11-6-8-18(9-7-11)13-17-10-12(21-13)16-19-14(2,3)15(4,5)20-16/h10-11H,6-9H2,1-5H3. The maximum absolute atomic E-state index is 6.10. The van der Waals surface area contributed by atoms with Gasteiger partial charge in [-0.15, -0.1) is 11.3 Å². The van der Waals surface area contributed by atoms with Crippen LogP contribution in [0.15, 0.2) is 6.20 Å². The molecule has 1 aromatic rings. The van der Waals surface area contributed by atoms with E-state index in [9.17, 15) is 0 Å². The van der Waals surface area contributed by atoms with Crippen molar-refractivity contribution in [1.82, 2.24) is 4.98 Å². The summed E-state index contributed by atoms with van der Waals surface area (Å²) in [5, 5.41) is 1.10. The fourth-order valence-corrected chi connectivity index (χ4v) is 3.62. The Morgan fingerprint density at radius 2 is 1.76 bits per heavy atom. The van der Waals surface area contributed by atoms with Crippen LogP contribution in [0.25, 0.3) is 0 Å². The Hall–Kier alpha value is -0.585. The highest BCUT2D eigenvalue weighted by molar-refractivity contribution is 7.25. The first-order valence-corrected chi connectivity index (χ1v) is 8.66. The molecular weight excluding hydrogens is 283 g/mol. The first kappa shape index (κ1) is 15.3. The van der Waals surface area contributed by atoms with E-state index >= 15 is 0 Å². The van der Waals surface area contributed by atoms with Crippen LogP contribution in [0.5, 0.6) is 0 Å². The highest BCUT2D eigenvalue weighted by Gasteiger charge is 2.52. The summed E-state index contributed by atoms with van der Waals surface area (Å²) in [6, 6.07) is 0. The van der Waals surface area contributed by atoms with Crippen LogP contribution < -0.4 is 9.68 Å². The van der Waals surface area contributed by atoms with E-state index in [4.69, 9.17) is 9.31 Å². The van der Waals surface area contributed by atoms with Crippen molar-refractivity contribution in [2.24, 2.45) is 5.92 Å².